The Morgan fingerprint density at radius 3 is 2.72 bits per heavy atom. The van der Waals surface area contributed by atoms with E-state index in [4.69, 9.17) is 0 Å². The lowest BCUT2D eigenvalue weighted by molar-refractivity contribution is -0.120. The minimum atomic E-state index is -3.44. The average Bonchev–Trinajstić information content (AvgIpc) is 2.65. The van der Waals surface area contributed by atoms with Crippen molar-refractivity contribution < 1.29 is 13.2 Å². The van der Waals surface area contributed by atoms with Crippen LogP contribution in [0, 0.1) is 0 Å². The van der Waals surface area contributed by atoms with E-state index in [0.29, 0.717) is 26.1 Å². The third-order valence-electron chi connectivity index (χ3n) is 4.29. The second-order valence-corrected chi connectivity index (χ2v) is 8.14. The number of pyridine rings is 1. The van der Waals surface area contributed by atoms with Gasteiger partial charge in [-0.1, -0.05) is 30.3 Å². The lowest BCUT2D eigenvalue weighted by Gasteiger charge is -2.28. The first-order valence-corrected chi connectivity index (χ1v) is 9.86. The molecule has 1 amide bonds. The van der Waals surface area contributed by atoms with E-state index < -0.39 is 10.0 Å². The molecule has 1 aliphatic heterocycles. The van der Waals surface area contributed by atoms with Crippen LogP contribution in [0.1, 0.15) is 23.1 Å². The molecule has 0 spiro atoms. The molecular weight excluding hydrogens is 338 g/mol. The Kier molecular flexibility index (Phi) is 5.45. The van der Waals surface area contributed by atoms with Gasteiger partial charge in [0.25, 0.3) is 0 Å². The summed E-state index contributed by atoms with van der Waals surface area (Å²) in [5.41, 5.74) is 3.12. The number of carbonyl (C=O) groups is 1. The third-order valence-corrected chi connectivity index (χ3v) is 6.11. The van der Waals surface area contributed by atoms with E-state index in [2.05, 4.69) is 10.3 Å². The van der Waals surface area contributed by atoms with E-state index in [0.717, 1.165) is 11.1 Å². The lowest BCUT2D eigenvalue weighted by atomic mass is 10.0. The molecule has 0 saturated carbocycles. The van der Waals surface area contributed by atoms with Crippen molar-refractivity contribution in [2.75, 3.05) is 12.3 Å². The van der Waals surface area contributed by atoms with Crippen molar-refractivity contribution >= 4 is 15.9 Å². The van der Waals surface area contributed by atoms with Crippen LogP contribution in [0.4, 0.5) is 0 Å². The highest BCUT2D eigenvalue weighted by molar-refractivity contribution is 7.89. The van der Waals surface area contributed by atoms with Crippen LogP contribution in [0.5, 0.6) is 0 Å². The monoisotopic (exact) mass is 359 g/mol. The van der Waals surface area contributed by atoms with Crippen LogP contribution in [-0.2, 0) is 34.3 Å². The zero-order chi connectivity index (χ0) is 17.7. The van der Waals surface area contributed by atoms with Gasteiger partial charge >= 0.3 is 0 Å². The summed E-state index contributed by atoms with van der Waals surface area (Å²) in [5.74, 6) is -0.446. The highest BCUT2D eigenvalue weighted by atomic mass is 32.2. The summed E-state index contributed by atoms with van der Waals surface area (Å²) < 4.78 is 26.5. The molecule has 0 aliphatic carbocycles. The van der Waals surface area contributed by atoms with E-state index in [9.17, 15) is 13.2 Å². The fourth-order valence-corrected chi connectivity index (χ4v) is 4.26. The molecule has 0 radical (unpaired) electrons. The summed E-state index contributed by atoms with van der Waals surface area (Å²) in [6.45, 7) is 1.20. The minimum Gasteiger partial charge on any atom is -0.352 e. The van der Waals surface area contributed by atoms with Gasteiger partial charge in [-0.3, -0.25) is 9.78 Å². The van der Waals surface area contributed by atoms with Crippen molar-refractivity contribution in [2.45, 2.75) is 25.9 Å². The number of amides is 1. The Labute approximate surface area is 147 Å². The smallest absolute Gasteiger partial charge is 0.221 e. The second kappa shape index (κ2) is 7.76. The van der Waals surface area contributed by atoms with Crippen molar-refractivity contribution in [3.05, 3.63) is 65.5 Å². The Morgan fingerprint density at radius 1 is 1.16 bits per heavy atom. The fraction of sp³-hybridized carbons (Fsp3) is 0.333. The zero-order valence-electron chi connectivity index (χ0n) is 13.9. The van der Waals surface area contributed by atoms with Gasteiger partial charge in [0.1, 0.15) is 0 Å². The van der Waals surface area contributed by atoms with Crippen molar-refractivity contribution in [3.8, 4) is 0 Å². The maximum atomic E-state index is 12.5. The van der Waals surface area contributed by atoms with Crippen LogP contribution in [-0.4, -0.2) is 35.9 Å². The van der Waals surface area contributed by atoms with Crippen LogP contribution < -0.4 is 5.32 Å². The molecule has 2 aromatic rings. The molecule has 25 heavy (non-hydrogen) atoms. The lowest BCUT2D eigenvalue weighted by Crippen LogP contribution is -2.38. The SMILES string of the molecule is O=C(CCS(=O)(=O)N1CCc2ccccc2C1)NCc1cccnc1. The molecule has 1 N–H and O–H groups in total. The average molecular weight is 359 g/mol. The summed E-state index contributed by atoms with van der Waals surface area (Å²) in [4.78, 5) is 15.9. The van der Waals surface area contributed by atoms with Crippen molar-refractivity contribution in [1.29, 1.82) is 0 Å². The second-order valence-electron chi connectivity index (χ2n) is 6.06. The Morgan fingerprint density at radius 2 is 1.96 bits per heavy atom. The largest absolute Gasteiger partial charge is 0.352 e. The van der Waals surface area contributed by atoms with E-state index >= 15 is 0 Å². The van der Waals surface area contributed by atoms with Gasteiger partial charge in [0, 0.05) is 38.4 Å². The summed E-state index contributed by atoms with van der Waals surface area (Å²) >= 11 is 0. The molecule has 7 heteroatoms. The number of rotatable bonds is 6. The van der Waals surface area contributed by atoms with Crippen LogP contribution in [0.3, 0.4) is 0 Å². The van der Waals surface area contributed by atoms with Gasteiger partial charge in [-0.2, -0.15) is 4.31 Å². The first-order chi connectivity index (χ1) is 12.0. The molecular formula is C18H21N3O3S. The van der Waals surface area contributed by atoms with Crippen LogP contribution in [0.15, 0.2) is 48.8 Å². The van der Waals surface area contributed by atoms with Gasteiger partial charge in [-0.05, 0) is 29.2 Å². The highest BCUT2D eigenvalue weighted by Gasteiger charge is 2.26. The topological polar surface area (TPSA) is 79.4 Å². The van der Waals surface area contributed by atoms with Crippen molar-refractivity contribution in [2.24, 2.45) is 0 Å². The number of benzene rings is 1. The Bertz CT molecular complexity index is 838. The molecule has 1 aliphatic rings. The molecule has 0 atom stereocenters. The van der Waals surface area contributed by atoms with Crippen molar-refractivity contribution in [3.63, 3.8) is 0 Å². The molecule has 3 rings (SSSR count). The number of aromatic nitrogens is 1. The number of nitrogens with one attached hydrogen (secondary N) is 1. The molecule has 2 heterocycles. The summed E-state index contributed by atoms with van der Waals surface area (Å²) in [5, 5.41) is 2.73. The number of hydrogen-bond acceptors (Lipinski definition) is 4. The maximum Gasteiger partial charge on any atom is 0.221 e. The van der Waals surface area contributed by atoms with E-state index in [1.165, 1.54) is 9.87 Å². The summed E-state index contributed by atoms with van der Waals surface area (Å²) in [6.07, 6.45) is 4.00. The van der Waals surface area contributed by atoms with Crippen LogP contribution >= 0.6 is 0 Å². The van der Waals surface area contributed by atoms with Crippen LogP contribution in [0.25, 0.3) is 0 Å². The highest BCUT2D eigenvalue weighted by Crippen LogP contribution is 2.21. The normalized spacial score (nSPS) is 14.7. The number of sulfonamides is 1. The number of hydrogen-bond donors (Lipinski definition) is 1. The quantitative estimate of drug-likeness (QED) is 0.847. The van der Waals surface area contributed by atoms with Gasteiger partial charge in [0.2, 0.25) is 15.9 Å². The zero-order valence-corrected chi connectivity index (χ0v) is 14.7. The molecule has 1 aromatic carbocycles. The molecule has 0 fully saturated rings. The Hall–Kier alpha value is -2.25. The molecule has 1 aromatic heterocycles. The first kappa shape index (κ1) is 17.6. The van der Waals surface area contributed by atoms with Gasteiger partial charge in [0.05, 0.1) is 5.75 Å². The van der Waals surface area contributed by atoms with E-state index in [1.54, 1.807) is 18.5 Å². The predicted molar refractivity (Wildman–Crippen MR) is 95.0 cm³/mol. The van der Waals surface area contributed by atoms with Crippen LogP contribution in [0.2, 0.25) is 0 Å². The minimum absolute atomic E-state index is 0.0409. The molecule has 0 unspecified atom stereocenters. The standard InChI is InChI=1S/C18H21N3O3S/c22-18(20-13-15-4-3-9-19-12-15)8-11-25(23,24)21-10-7-16-5-1-2-6-17(16)14-21/h1-6,9,12H,7-8,10-11,13-14H2,(H,20,22). The maximum absolute atomic E-state index is 12.5. The predicted octanol–water partition coefficient (Wildman–Crippen LogP) is 1.48. The van der Waals surface area contributed by atoms with Gasteiger partial charge < -0.3 is 5.32 Å². The summed E-state index contributed by atoms with van der Waals surface area (Å²) in [6, 6.07) is 11.5. The van der Waals surface area contributed by atoms with E-state index in [1.807, 2.05) is 30.3 Å². The molecule has 132 valence electrons. The Balaban J connectivity index is 1.51. The molecule has 6 nitrogen and oxygen atoms in total. The molecule has 0 bridgehead atoms. The van der Waals surface area contributed by atoms with Gasteiger partial charge in [-0.25, -0.2) is 8.42 Å². The third kappa shape index (κ3) is 4.64. The van der Waals surface area contributed by atoms with Crippen molar-refractivity contribution in [1.82, 2.24) is 14.6 Å². The number of fused-ring (bicyclic) bond motifs is 1. The van der Waals surface area contributed by atoms with Gasteiger partial charge in [-0.15, -0.1) is 0 Å². The summed E-state index contributed by atoms with van der Waals surface area (Å²) in [7, 11) is -3.44. The van der Waals surface area contributed by atoms with E-state index in [-0.39, 0.29) is 18.1 Å². The molecule has 0 saturated heterocycles. The first-order valence-electron chi connectivity index (χ1n) is 8.25. The fourth-order valence-electron chi connectivity index (χ4n) is 2.85. The number of carbonyl (C=O) groups excluding carboxylic acids is 1. The number of nitrogens with zero attached hydrogens (tertiary/aromatic N) is 2. The van der Waals surface area contributed by atoms with Gasteiger partial charge in [0.15, 0.2) is 0 Å².